The lowest BCUT2D eigenvalue weighted by atomic mass is 10.2. The van der Waals surface area contributed by atoms with Gasteiger partial charge in [-0.05, 0) is 31.5 Å². The summed E-state index contributed by atoms with van der Waals surface area (Å²) in [7, 11) is 0. The van der Waals surface area contributed by atoms with Gasteiger partial charge in [0.25, 0.3) is 0 Å². The van der Waals surface area contributed by atoms with E-state index in [0.29, 0.717) is 19.8 Å². The van der Waals surface area contributed by atoms with Gasteiger partial charge >= 0.3 is 0 Å². The van der Waals surface area contributed by atoms with Crippen molar-refractivity contribution in [3.05, 3.63) is 23.8 Å². The van der Waals surface area contributed by atoms with E-state index in [1.165, 1.54) is 0 Å². The fourth-order valence-corrected chi connectivity index (χ4v) is 1.17. The van der Waals surface area contributed by atoms with Gasteiger partial charge in [-0.1, -0.05) is 6.07 Å². The topological polar surface area (TPSA) is 44.5 Å². The van der Waals surface area contributed by atoms with E-state index in [-0.39, 0.29) is 0 Å². The fourth-order valence-electron chi connectivity index (χ4n) is 1.17. The highest BCUT2D eigenvalue weighted by molar-refractivity contribution is 5.42. The molecule has 78 valence electrons. The van der Waals surface area contributed by atoms with Crippen LogP contribution in [0.15, 0.2) is 18.2 Å². The van der Waals surface area contributed by atoms with Crippen LogP contribution in [0.25, 0.3) is 0 Å². The second-order valence-electron chi connectivity index (χ2n) is 3.02. The highest BCUT2D eigenvalue weighted by Gasteiger charge is 2.03. The van der Waals surface area contributed by atoms with Crippen LogP contribution in [0.3, 0.4) is 0 Å². The predicted molar refractivity (Wildman–Crippen MR) is 56.9 cm³/mol. The van der Waals surface area contributed by atoms with Crippen LogP contribution in [0.1, 0.15) is 12.5 Å². The van der Waals surface area contributed by atoms with Crippen LogP contribution >= 0.6 is 0 Å². The van der Waals surface area contributed by atoms with Crippen molar-refractivity contribution < 1.29 is 9.47 Å². The van der Waals surface area contributed by atoms with Crippen molar-refractivity contribution in [2.24, 2.45) is 5.73 Å². The SMILES string of the molecule is CCOc1cc(C)ccc1OCCN. The first-order valence-electron chi connectivity index (χ1n) is 4.84. The maximum Gasteiger partial charge on any atom is 0.161 e. The summed E-state index contributed by atoms with van der Waals surface area (Å²) >= 11 is 0. The summed E-state index contributed by atoms with van der Waals surface area (Å²) in [5.41, 5.74) is 6.53. The second kappa shape index (κ2) is 5.50. The first-order valence-corrected chi connectivity index (χ1v) is 4.84. The van der Waals surface area contributed by atoms with E-state index in [2.05, 4.69) is 0 Å². The van der Waals surface area contributed by atoms with Crippen molar-refractivity contribution in [3.8, 4) is 11.5 Å². The first kappa shape index (κ1) is 10.9. The van der Waals surface area contributed by atoms with E-state index in [4.69, 9.17) is 15.2 Å². The molecule has 2 N–H and O–H groups in total. The number of aryl methyl sites for hydroxylation is 1. The average Bonchev–Trinajstić information content (AvgIpc) is 2.17. The van der Waals surface area contributed by atoms with E-state index in [1.807, 2.05) is 32.0 Å². The Morgan fingerprint density at radius 1 is 1.21 bits per heavy atom. The van der Waals surface area contributed by atoms with E-state index in [0.717, 1.165) is 17.1 Å². The summed E-state index contributed by atoms with van der Waals surface area (Å²) in [4.78, 5) is 0. The Morgan fingerprint density at radius 3 is 2.64 bits per heavy atom. The summed E-state index contributed by atoms with van der Waals surface area (Å²) in [5.74, 6) is 1.56. The first-order chi connectivity index (χ1) is 6.77. The monoisotopic (exact) mass is 195 g/mol. The van der Waals surface area contributed by atoms with Gasteiger partial charge in [0.05, 0.1) is 6.61 Å². The van der Waals surface area contributed by atoms with Crippen molar-refractivity contribution in [2.45, 2.75) is 13.8 Å². The molecule has 1 rings (SSSR count). The molecule has 0 unspecified atom stereocenters. The molecule has 0 aliphatic heterocycles. The number of nitrogens with two attached hydrogens (primary N) is 1. The smallest absolute Gasteiger partial charge is 0.161 e. The lowest BCUT2D eigenvalue weighted by molar-refractivity contribution is 0.282. The summed E-state index contributed by atoms with van der Waals surface area (Å²) in [5, 5.41) is 0. The van der Waals surface area contributed by atoms with Gasteiger partial charge < -0.3 is 15.2 Å². The van der Waals surface area contributed by atoms with Crippen LogP contribution in [0.4, 0.5) is 0 Å². The number of rotatable bonds is 5. The third kappa shape index (κ3) is 2.92. The van der Waals surface area contributed by atoms with Crippen LogP contribution in [0.5, 0.6) is 11.5 Å². The van der Waals surface area contributed by atoms with Gasteiger partial charge in [0, 0.05) is 6.54 Å². The summed E-state index contributed by atoms with van der Waals surface area (Å²) in [6, 6.07) is 5.87. The molecule has 0 aromatic heterocycles. The lowest BCUT2D eigenvalue weighted by Crippen LogP contribution is -2.11. The molecule has 1 aromatic carbocycles. The lowest BCUT2D eigenvalue weighted by Gasteiger charge is -2.11. The van der Waals surface area contributed by atoms with Crippen LogP contribution in [-0.4, -0.2) is 19.8 Å². The van der Waals surface area contributed by atoms with Gasteiger partial charge in [-0.3, -0.25) is 0 Å². The van der Waals surface area contributed by atoms with Gasteiger partial charge in [-0.25, -0.2) is 0 Å². The zero-order chi connectivity index (χ0) is 10.4. The van der Waals surface area contributed by atoms with Crippen LogP contribution in [0.2, 0.25) is 0 Å². The van der Waals surface area contributed by atoms with Gasteiger partial charge in [0.15, 0.2) is 11.5 Å². The molecule has 0 radical (unpaired) electrons. The Balaban J connectivity index is 2.78. The fraction of sp³-hybridized carbons (Fsp3) is 0.455. The number of hydrogen-bond acceptors (Lipinski definition) is 3. The van der Waals surface area contributed by atoms with Crippen LogP contribution in [-0.2, 0) is 0 Å². The predicted octanol–water partition coefficient (Wildman–Crippen LogP) is 1.73. The second-order valence-corrected chi connectivity index (χ2v) is 3.02. The highest BCUT2D eigenvalue weighted by Crippen LogP contribution is 2.27. The zero-order valence-electron chi connectivity index (χ0n) is 8.75. The molecule has 3 nitrogen and oxygen atoms in total. The molecule has 1 aromatic rings. The third-order valence-electron chi connectivity index (χ3n) is 1.77. The Bertz CT molecular complexity index is 287. The maximum atomic E-state index is 5.45. The van der Waals surface area contributed by atoms with Crippen molar-refractivity contribution >= 4 is 0 Å². The molecule has 3 heteroatoms. The molecule has 0 fully saturated rings. The van der Waals surface area contributed by atoms with Gasteiger partial charge in [0.1, 0.15) is 6.61 Å². The summed E-state index contributed by atoms with van der Waals surface area (Å²) in [6.07, 6.45) is 0. The third-order valence-corrected chi connectivity index (χ3v) is 1.77. The molecule has 0 saturated heterocycles. The minimum atomic E-state index is 0.513. The van der Waals surface area contributed by atoms with Gasteiger partial charge in [0.2, 0.25) is 0 Å². The molecule has 14 heavy (non-hydrogen) atoms. The molecule has 0 amide bonds. The quantitative estimate of drug-likeness (QED) is 0.778. The molecule has 0 atom stereocenters. The highest BCUT2D eigenvalue weighted by atomic mass is 16.5. The Hall–Kier alpha value is -1.22. The Labute approximate surface area is 84.8 Å². The van der Waals surface area contributed by atoms with E-state index in [1.54, 1.807) is 0 Å². The summed E-state index contributed by atoms with van der Waals surface area (Å²) < 4.78 is 10.9. The number of benzene rings is 1. The number of hydrogen-bond donors (Lipinski definition) is 1. The van der Waals surface area contributed by atoms with Crippen molar-refractivity contribution in [2.75, 3.05) is 19.8 Å². The molecular formula is C11H17NO2. The standard InChI is InChI=1S/C11H17NO2/c1-3-13-11-8-9(2)4-5-10(11)14-7-6-12/h4-5,8H,3,6-7,12H2,1-2H3. The van der Waals surface area contributed by atoms with Crippen molar-refractivity contribution in [3.63, 3.8) is 0 Å². The van der Waals surface area contributed by atoms with Gasteiger partial charge in [-0.15, -0.1) is 0 Å². The molecule has 0 heterocycles. The largest absolute Gasteiger partial charge is 0.490 e. The number of ether oxygens (including phenoxy) is 2. The normalized spacial score (nSPS) is 9.93. The van der Waals surface area contributed by atoms with Crippen molar-refractivity contribution in [1.82, 2.24) is 0 Å². The van der Waals surface area contributed by atoms with E-state index < -0.39 is 0 Å². The van der Waals surface area contributed by atoms with E-state index in [9.17, 15) is 0 Å². The molecule has 0 saturated carbocycles. The van der Waals surface area contributed by atoms with Gasteiger partial charge in [-0.2, -0.15) is 0 Å². The summed E-state index contributed by atoms with van der Waals surface area (Å²) in [6.45, 7) is 5.65. The molecule has 0 aliphatic rings. The Kier molecular flexibility index (Phi) is 4.26. The minimum absolute atomic E-state index is 0.513. The Morgan fingerprint density at radius 2 is 2.00 bits per heavy atom. The molecular weight excluding hydrogens is 178 g/mol. The zero-order valence-corrected chi connectivity index (χ0v) is 8.75. The molecule has 0 spiro atoms. The van der Waals surface area contributed by atoms with Crippen LogP contribution in [0, 0.1) is 6.92 Å². The maximum absolute atomic E-state index is 5.45. The minimum Gasteiger partial charge on any atom is -0.490 e. The van der Waals surface area contributed by atoms with Crippen molar-refractivity contribution in [1.29, 1.82) is 0 Å². The van der Waals surface area contributed by atoms with Crippen LogP contribution < -0.4 is 15.2 Å². The average molecular weight is 195 g/mol. The molecule has 0 bridgehead atoms. The van der Waals surface area contributed by atoms with E-state index >= 15 is 0 Å². The molecule has 0 aliphatic carbocycles.